The molecule has 1 aliphatic heterocycles. The first-order valence-corrected chi connectivity index (χ1v) is 9.83. The highest BCUT2D eigenvalue weighted by Gasteiger charge is 2.34. The van der Waals surface area contributed by atoms with Crippen LogP contribution in [0.2, 0.25) is 0 Å². The van der Waals surface area contributed by atoms with E-state index in [9.17, 15) is 9.59 Å². The highest BCUT2D eigenvalue weighted by molar-refractivity contribution is 5.97. The number of hydrogen-bond acceptors (Lipinski definition) is 4. The second-order valence-corrected chi connectivity index (χ2v) is 9.05. The van der Waals surface area contributed by atoms with Crippen LogP contribution in [0.5, 0.6) is 0 Å². The predicted molar refractivity (Wildman–Crippen MR) is 106 cm³/mol. The van der Waals surface area contributed by atoms with E-state index in [1.165, 1.54) is 0 Å². The molecule has 0 aromatic carbocycles. The van der Waals surface area contributed by atoms with Crippen molar-refractivity contribution in [3.8, 4) is 0 Å². The number of nitrogens with one attached hydrogen (secondary N) is 2. The zero-order chi connectivity index (χ0) is 20.4. The summed E-state index contributed by atoms with van der Waals surface area (Å²) in [5.41, 5.74) is 1.01. The SMILES string of the molecule is CNC(=O)[C@@H](NC(=O)c1nc(CC(C)C)n2c1CN(C)CCC2)C(C)(C)C. The van der Waals surface area contributed by atoms with E-state index in [1.807, 2.05) is 20.8 Å². The molecule has 2 amide bonds. The summed E-state index contributed by atoms with van der Waals surface area (Å²) in [6, 6.07) is -0.621. The number of nitrogens with zero attached hydrogens (tertiary/aromatic N) is 3. The van der Waals surface area contributed by atoms with Gasteiger partial charge in [-0.15, -0.1) is 0 Å². The molecule has 1 atom stereocenters. The molecule has 0 bridgehead atoms. The van der Waals surface area contributed by atoms with E-state index in [1.54, 1.807) is 7.05 Å². The Morgan fingerprint density at radius 1 is 1.22 bits per heavy atom. The van der Waals surface area contributed by atoms with Crippen molar-refractivity contribution in [1.82, 2.24) is 25.1 Å². The maximum absolute atomic E-state index is 13.1. The largest absolute Gasteiger partial charge is 0.357 e. The Balaban J connectivity index is 2.40. The quantitative estimate of drug-likeness (QED) is 0.820. The number of hydrogen-bond donors (Lipinski definition) is 2. The van der Waals surface area contributed by atoms with Crippen LogP contribution in [0.4, 0.5) is 0 Å². The van der Waals surface area contributed by atoms with E-state index in [-0.39, 0.29) is 11.8 Å². The van der Waals surface area contributed by atoms with E-state index < -0.39 is 11.5 Å². The van der Waals surface area contributed by atoms with Gasteiger partial charge in [0.05, 0.1) is 5.69 Å². The highest BCUT2D eigenvalue weighted by atomic mass is 16.2. The summed E-state index contributed by atoms with van der Waals surface area (Å²) in [7, 11) is 3.65. The van der Waals surface area contributed by atoms with Crippen molar-refractivity contribution in [3.63, 3.8) is 0 Å². The highest BCUT2D eigenvalue weighted by Crippen LogP contribution is 2.23. The van der Waals surface area contributed by atoms with Gasteiger partial charge >= 0.3 is 0 Å². The second kappa shape index (κ2) is 8.42. The minimum atomic E-state index is -0.621. The zero-order valence-electron chi connectivity index (χ0n) is 17.8. The number of carbonyl (C=O) groups excluding carboxylic acids is 2. The summed E-state index contributed by atoms with van der Waals surface area (Å²) < 4.78 is 2.21. The van der Waals surface area contributed by atoms with Gasteiger partial charge in [-0.25, -0.2) is 4.98 Å². The molecule has 2 N–H and O–H groups in total. The summed E-state index contributed by atoms with van der Waals surface area (Å²) >= 11 is 0. The lowest BCUT2D eigenvalue weighted by Crippen LogP contribution is -2.53. The molecule has 7 heteroatoms. The summed E-state index contributed by atoms with van der Waals surface area (Å²) in [6.45, 7) is 12.7. The van der Waals surface area contributed by atoms with Gasteiger partial charge in [-0.3, -0.25) is 9.59 Å². The summed E-state index contributed by atoms with van der Waals surface area (Å²) in [4.78, 5) is 32.4. The molecule has 2 rings (SSSR count). The van der Waals surface area contributed by atoms with E-state index in [2.05, 4.69) is 41.0 Å². The van der Waals surface area contributed by atoms with Crippen molar-refractivity contribution in [2.75, 3.05) is 20.6 Å². The normalized spacial score (nSPS) is 16.6. The van der Waals surface area contributed by atoms with Gasteiger partial charge in [0.25, 0.3) is 5.91 Å². The van der Waals surface area contributed by atoms with E-state index in [0.29, 0.717) is 18.2 Å². The van der Waals surface area contributed by atoms with Crippen molar-refractivity contribution in [2.45, 2.75) is 66.6 Å². The molecular weight excluding hydrogens is 342 g/mol. The molecule has 1 aromatic heterocycles. The Bertz CT molecular complexity index is 687. The number of rotatable bonds is 5. The number of aromatic nitrogens is 2. The third-order valence-corrected chi connectivity index (χ3v) is 4.95. The van der Waals surface area contributed by atoms with Gasteiger partial charge in [0.2, 0.25) is 5.91 Å². The molecule has 0 radical (unpaired) electrons. The van der Waals surface area contributed by atoms with Gasteiger partial charge < -0.3 is 20.1 Å². The van der Waals surface area contributed by atoms with Gasteiger partial charge in [0.15, 0.2) is 5.69 Å². The lowest BCUT2D eigenvalue weighted by Gasteiger charge is -2.29. The van der Waals surface area contributed by atoms with Crippen LogP contribution in [0, 0.1) is 11.3 Å². The molecule has 0 aliphatic carbocycles. The van der Waals surface area contributed by atoms with Crippen LogP contribution in [-0.4, -0.2) is 52.9 Å². The van der Waals surface area contributed by atoms with E-state index in [0.717, 1.165) is 37.4 Å². The van der Waals surface area contributed by atoms with Crippen molar-refractivity contribution in [1.29, 1.82) is 0 Å². The molecule has 0 fully saturated rings. The second-order valence-electron chi connectivity index (χ2n) is 9.05. The molecule has 1 aromatic rings. The fraction of sp³-hybridized carbons (Fsp3) is 0.750. The summed E-state index contributed by atoms with van der Waals surface area (Å²) in [5, 5.41) is 5.58. The van der Waals surface area contributed by atoms with E-state index >= 15 is 0 Å². The molecule has 27 heavy (non-hydrogen) atoms. The molecule has 7 nitrogen and oxygen atoms in total. The number of carbonyl (C=O) groups is 2. The van der Waals surface area contributed by atoms with Crippen molar-refractivity contribution < 1.29 is 9.59 Å². The van der Waals surface area contributed by atoms with Crippen LogP contribution in [0.15, 0.2) is 0 Å². The third-order valence-electron chi connectivity index (χ3n) is 4.95. The Labute approximate surface area is 162 Å². The number of amides is 2. The van der Waals surface area contributed by atoms with Crippen LogP contribution >= 0.6 is 0 Å². The fourth-order valence-electron chi connectivity index (χ4n) is 3.52. The smallest absolute Gasteiger partial charge is 0.272 e. The van der Waals surface area contributed by atoms with Crippen molar-refractivity contribution in [2.24, 2.45) is 11.3 Å². The Kier molecular flexibility index (Phi) is 6.68. The first-order chi connectivity index (χ1) is 12.5. The first-order valence-electron chi connectivity index (χ1n) is 9.83. The first kappa shape index (κ1) is 21.4. The molecule has 1 aliphatic rings. The lowest BCUT2D eigenvalue weighted by atomic mass is 9.86. The third kappa shape index (κ3) is 5.09. The maximum Gasteiger partial charge on any atom is 0.272 e. The average molecular weight is 378 g/mol. The standard InChI is InChI=1S/C20H35N5O2/c1-13(2)11-15-22-16(14-12-24(7)9-8-10-25(14)15)18(26)23-17(19(27)21-6)20(3,4)5/h13,17H,8-12H2,1-7H3,(H,21,27)(H,23,26)/t17-/m1/s1. The number of likely N-dealkylation sites (N-methyl/N-ethyl adjacent to an activating group) is 1. The molecule has 152 valence electrons. The van der Waals surface area contributed by atoms with Crippen LogP contribution in [0.25, 0.3) is 0 Å². The zero-order valence-corrected chi connectivity index (χ0v) is 17.8. The van der Waals surface area contributed by atoms with Crippen LogP contribution in [-0.2, 0) is 24.3 Å². The average Bonchev–Trinajstić information content (AvgIpc) is 2.75. The van der Waals surface area contributed by atoms with Gasteiger partial charge in [0, 0.05) is 26.6 Å². The van der Waals surface area contributed by atoms with Gasteiger partial charge in [-0.1, -0.05) is 34.6 Å². The fourth-order valence-corrected chi connectivity index (χ4v) is 3.52. The molecule has 0 saturated heterocycles. The minimum absolute atomic E-state index is 0.194. The molecule has 0 saturated carbocycles. The topological polar surface area (TPSA) is 79.3 Å². The van der Waals surface area contributed by atoms with Crippen molar-refractivity contribution in [3.05, 3.63) is 17.2 Å². The van der Waals surface area contributed by atoms with Crippen LogP contribution in [0.1, 0.15) is 63.0 Å². The van der Waals surface area contributed by atoms with Gasteiger partial charge in [0.1, 0.15) is 11.9 Å². The maximum atomic E-state index is 13.1. The minimum Gasteiger partial charge on any atom is -0.357 e. The number of fused-ring (bicyclic) bond motifs is 1. The summed E-state index contributed by atoms with van der Waals surface area (Å²) in [5.74, 6) is 0.961. The monoisotopic (exact) mass is 377 g/mol. The molecule has 0 unspecified atom stereocenters. The van der Waals surface area contributed by atoms with Gasteiger partial charge in [-0.2, -0.15) is 0 Å². The molecule has 0 spiro atoms. The Morgan fingerprint density at radius 2 is 1.89 bits per heavy atom. The molecular formula is C20H35N5O2. The Morgan fingerprint density at radius 3 is 2.44 bits per heavy atom. The van der Waals surface area contributed by atoms with Crippen LogP contribution < -0.4 is 10.6 Å². The predicted octanol–water partition coefficient (Wildman–Crippen LogP) is 1.81. The number of imidazole rings is 1. The van der Waals surface area contributed by atoms with E-state index in [4.69, 9.17) is 4.98 Å². The summed E-state index contributed by atoms with van der Waals surface area (Å²) in [6.07, 6.45) is 1.87. The van der Waals surface area contributed by atoms with Gasteiger partial charge in [-0.05, 0) is 31.3 Å². The molecule has 2 heterocycles. The van der Waals surface area contributed by atoms with Crippen LogP contribution in [0.3, 0.4) is 0 Å². The van der Waals surface area contributed by atoms with Crippen molar-refractivity contribution >= 4 is 11.8 Å². The Hall–Kier alpha value is -1.89. The lowest BCUT2D eigenvalue weighted by molar-refractivity contribution is -0.124.